The molecule has 1 N–H and O–H groups in total. The van der Waals surface area contributed by atoms with Crippen molar-refractivity contribution < 1.29 is 13.2 Å². The fourth-order valence-corrected chi connectivity index (χ4v) is 4.11. The summed E-state index contributed by atoms with van der Waals surface area (Å²) in [5.74, 6) is 0.121. The molecule has 0 aliphatic heterocycles. The molecule has 0 spiro atoms. The minimum Gasteiger partial charge on any atom is -0.325 e. The van der Waals surface area contributed by atoms with Crippen molar-refractivity contribution in [3.05, 3.63) is 35.9 Å². The second-order valence-corrected chi connectivity index (χ2v) is 8.97. The van der Waals surface area contributed by atoms with Crippen LogP contribution in [0.4, 0.5) is 5.69 Å². The molecule has 24 heavy (non-hydrogen) atoms. The van der Waals surface area contributed by atoms with Gasteiger partial charge in [-0.1, -0.05) is 37.5 Å². The summed E-state index contributed by atoms with van der Waals surface area (Å²) in [5, 5.41) is 4.62. The first-order valence-electron chi connectivity index (χ1n) is 8.15. The average molecular weight is 366 g/mol. The molecule has 0 aromatic heterocycles. The Morgan fingerprint density at radius 3 is 2.50 bits per heavy atom. The monoisotopic (exact) mass is 365 g/mol. The lowest BCUT2D eigenvalue weighted by Crippen LogP contribution is -2.25. The highest BCUT2D eigenvalue weighted by molar-refractivity contribution is 8.13. The summed E-state index contributed by atoms with van der Waals surface area (Å²) in [6.45, 7) is 1.93. The Kier molecular flexibility index (Phi) is 4.83. The number of aryl methyl sites for hydroxylation is 1. The van der Waals surface area contributed by atoms with Gasteiger partial charge >= 0.3 is 0 Å². The number of fused-ring (bicyclic) bond motifs is 1. The number of rotatable bonds is 3. The lowest BCUT2D eigenvalue weighted by atomic mass is 9.88. The summed E-state index contributed by atoms with van der Waals surface area (Å²) in [6.07, 6.45) is 5.27. The molecule has 0 atom stereocenters. The molecule has 0 saturated heterocycles. The van der Waals surface area contributed by atoms with Crippen molar-refractivity contribution >= 4 is 42.1 Å². The molecule has 1 aliphatic carbocycles. The van der Waals surface area contributed by atoms with Gasteiger partial charge < -0.3 is 5.32 Å². The quantitative estimate of drug-likeness (QED) is 0.809. The summed E-state index contributed by atoms with van der Waals surface area (Å²) in [6, 6.07) is 8.43. The third-order valence-electron chi connectivity index (χ3n) is 4.71. The van der Waals surface area contributed by atoms with E-state index in [4.69, 9.17) is 10.7 Å². The molecule has 0 unspecified atom stereocenters. The molecule has 1 amide bonds. The van der Waals surface area contributed by atoms with Gasteiger partial charge in [-0.25, -0.2) is 8.42 Å². The normalized spacial score (nSPS) is 16.2. The molecular formula is C18H20ClNO3S. The molecule has 1 fully saturated rings. The number of carbonyl (C=O) groups is 1. The van der Waals surface area contributed by atoms with E-state index in [1.165, 1.54) is 18.6 Å². The highest BCUT2D eigenvalue weighted by Gasteiger charge is 2.22. The molecule has 6 heteroatoms. The van der Waals surface area contributed by atoms with Gasteiger partial charge in [0.25, 0.3) is 9.05 Å². The second kappa shape index (κ2) is 6.73. The van der Waals surface area contributed by atoms with E-state index in [-0.39, 0.29) is 16.7 Å². The van der Waals surface area contributed by atoms with E-state index in [0.717, 1.165) is 47.7 Å². The second-order valence-electron chi connectivity index (χ2n) is 6.40. The number of hydrogen-bond acceptors (Lipinski definition) is 3. The summed E-state index contributed by atoms with van der Waals surface area (Å²) in [7, 11) is 1.65. The zero-order valence-electron chi connectivity index (χ0n) is 13.5. The van der Waals surface area contributed by atoms with Crippen LogP contribution in [0.25, 0.3) is 10.8 Å². The standard InChI is InChI=1S/C18H20ClNO3S/c1-12-7-8-14-11-15(24(19,22)23)9-10-16(14)17(12)20-18(21)13-5-3-2-4-6-13/h7-11,13H,2-6H2,1H3,(H,20,21). The summed E-state index contributed by atoms with van der Waals surface area (Å²) in [4.78, 5) is 12.6. The maximum atomic E-state index is 12.6. The lowest BCUT2D eigenvalue weighted by molar-refractivity contribution is -0.120. The predicted molar refractivity (Wildman–Crippen MR) is 96.9 cm³/mol. The van der Waals surface area contributed by atoms with Gasteiger partial charge in [-0.2, -0.15) is 0 Å². The van der Waals surface area contributed by atoms with Crippen molar-refractivity contribution in [3.8, 4) is 0 Å². The highest BCUT2D eigenvalue weighted by Crippen LogP contribution is 2.32. The predicted octanol–water partition coefficient (Wildman–Crippen LogP) is 4.59. The van der Waals surface area contributed by atoms with Crippen LogP contribution >= 0.6 is 10.7 Å². The zero-order chi connectivity index (χ0) is 17.3. The van der Waals surface area contributed by atoms with E-state index in [1.54, 1.807) is 6.07 Å². The van der Waals surface area contributed by atoms with E-state index in [2.05, 4.69) is 5.32 Å². The van der Waals surface area contributed by atoms with Gasteiger partial charge in [0.05, 0.1) is 10.6 Å². The number of anilines is 1. The Labute approximate surface area is 146 Å². The SMILES string of the molecule is Cc1ccc2cc(S(=O)(=O)Cl)ccc2c1NC(=O)C1CCCCC1. The number of halogens is 1. The van der Waals surface area contributed by atoms with Crippen molar-refractivity contribution in [2.45, 2.75) is 43.9 Å². The Morgan fingerprint density at radius 2 is 1.83 bits per heavy atom. The summed E-state index contributed by atoms with van der Waals surface area (Å²) < 4.78 is 23.0. The van der Waals surface area contributed by atoms with Crippen LogP contribution in [0.3, 0.4) is 0 Å². The van der Waals surface area contributed by atoms with Gasteiger partial charge in [0.2, 0.25) is 5.91 Å². The van der Waals surface area contributed by atoms with Gasteiger partial charge in [0.1, 0.15) is 0 Å². The topological polar surface area (TPSA) is 63.2 Å². The molecule has 2 aromatic rings. The van der Waals surface area contributed by atoms with Crippen LogP contribution < -0.4 is 5.32 Å². The van der Waals surface area contributed by atoms with Crippen molar-refractivity contribution in [2.75, 3.05) is 5.32 Å². The minimum atomic E-state index is -3.77. The van der Waals surface area contributed by atoms with Crippen LogP contribution in [0.1, 0.15) is 37.7 Å². The van der Waals surface area contributed by atoms with Crippen molar-refractivity contribution in [2.24, 2.45) is 5.92 Å². The van der Waals surface area contributed by atoms with Crippen LogP contribution in [-0.4, -0.2) is 14.3 Å². The van der Waals surface area contributed by atoms with Crippen molar-refractivity contribution in [1.29, 1.82) is 0 Å². The lowest BCUT2D eigenvalue weighted by Gasteiger charge is -2.22. The van der Waals surface area contributed by atoms with Gasteiger partial charge in [-0.05, 0) is 42.8 Å². The molecule has 1 aliphatic rings. The Hall–Kier alpha value is -1.59. The molecule has 3 rings (SSSR count). The maximum Gasteiger partial charge on any atom is 0.261 e. The highest BCUT2D eigenvalue weighted by atomic mass is 35.7. The van der Waals surface area contributed by atoms with E-state index in [1.807, 2.05) is 19.1 Å². The summed E-state index contributed by atoms with van der Waals surface area (Å²) in [5.41, 5.74) is 1.70. The zero-order valence-corrected chi connectivity index (χ0v) is 15.1. The maximum absolute atomic E-state index is 12.6. The molecule has 0 heterocycles. The summed E-state index contributed by atoms with van der Waals surface area (Å²) >= 11 is 0. The van der Waals surface area contributed by atoms with Gasteiger partial charge in [0, 0.05) is 22.0 Å². The first kappa shape index (κ1) is 17.2. The molecular weight excluding hydrogens is 346 g/mol. The Balaban J connectivity index is 1.97. The van der Waals surface area contributed by atoms with Crippen molar-refractivity contribution in [1.82, 2.24) is 0 Å². The first-order valence-corrected chi connectivity index (χ1v) is 10.5. The third-order valence-corrected chi connectivity index (χ3v) is 6.06. The van der Waals surface area contributed by atoms with E-state index < -0.39 is 9.05 Å². The van der Waals surface area contributed by atoms with E-state index >= 15 is 0 Å². The number of carbonyl (C=O) groups excluding carboxylic acids is 1. The molecule has 128 valence electrons. The van der Waals surface area contributed by atoms with E-state index in [0.29, 0.717) is 0 Å². The molecule has 4 nitrogen and oxygen atoms in total. The number of benzene rings is 2. The van der Waals surface area contributed by atoms with Gasteiger partial charge in [-0.3, -0.25) is 4.79 Å². The van der Waals surface area contributed by atoms with Crippen LogP contribution in [0.5, 0.6) is 0 Å². The Morgan fingerprint density at radius 1 is 1.12 bits per heavy atom. The fraction of sp³-hybridized carbons (Fsp3) is 0.389. The smallest absolute Gasteiger partial charge is 0.261 e. The van der Waals surface area contributed by atoms with Crippen LogP contribution in [0.15, 0.2) is 35.2 Å². The molecule has 1 saturated carbocycles. The van der Waals surface area contributed by atoms with Crippen LogP contribution in [0.2, 0.25) is 0 Å². The number of hydrogen-bond donors (Lipinski definition) is 1. The Bertz CT molecular complexity index is 887. The van der Waals surface area contributed by atoms with E-state index in [9.17, 15) is 13.2 Å². The van der Waals surface area contributed by atoms with Crippen LogP contribution in [0, 0.1) is 12.8 Å². The van der Waals surface area contributed by atoms with Gasteiger partial charge in [0.15, 0.2) is 0 Å². The van der Waals surface area contributed by atoms with Gasteiger partial charge in [-0.15, -0.1) is 0 Å². The minimum absolute atomic E-state index is 0.0549. The largest absolute Gasteiger partial charge is 0.325 e. The molecule has 0 bridgehead atoms. The number of nitrogens with one attached hydrogen (secondary N) is 1. The molecule has 2 aromatic carbocycles. The fourth-order valence-electron chi connectivity index (χ4n) is 3.32. The molecule has 0 radical (unpaired) electrons. The third kappa shape index (κ3) is 3.57. The average Bonchev–Trinajstić information content (AvgIpc) is 2.57. The number of amides is 1. The first-order chi connectivity index (χ1) is 11.4. The van der Waals surface area contributed by atoms with Crippen LogP contribution in [-0.2, 0) is 13.8 Å². The van der Waals surface area contributed by atoms with Crippen molar-refractivity contribution in [3.63, 3.8) is 0 Å².